The minimum atomic E-state index is -0.282. The molecule has 0 saturated carbocycles. The molecule has 1 aromatic rings. The Labute approximate surface area is 121 Å². The van der Waals surface area contributed by atoms with Gasteiger partial charge in [0.25, 0.3) is 0 Å². The van der Waals surface area contributed by atoms with Gasteiger partial charge in [0.1, 0.15) is 0 Å². The quantitative estimate of drug-likeness (QED) is 0.567. The predicted octanol–water partition coefficient (Wildman–Crippen LogP) is 1.84. The van der Waals surface area contributed by atoms with Crippen LogP contribution in [0.2, 0.25) is 6.86 Å². The normalized spacial score (nSPS) is 13.2. The Balaban J connectivity index is 2.65. The first-order chi connectivity index (χ1) is 6.66. The molecular weight excluding hydrogens is 461 g/mol. The molecule has 0 aromatic carbocycles. The van der Waals surface area contributed by atoms with Gasteiger partial charge in [0.2, 0.25) is 0 Å². The van der Waals surface area contributed by atoms with Crippen molar-refractivity contribution in [1.29, 1.82) is 0 Å². The average molecular weight is 481 g/mol. The first kappa shape index (κ1) is 14.7. The van der Waals surface area contributed by atoms with E-state index in [1.165, 1.54) is 0 Å². The Morgan fingerprint density at radius 1 is 0.800 bits per heavy atom. The summed E-state index contributed by atoms with van der Waals surface area (Å²) in [5.74, 6) is 0. The van der Waals surface area contributed by atoms with Gasteiger partial charge in [-0.3, -0.25) is 0 Å². The van der Waals surface area contributed by atoms with Crippen LogP contribution in [0.15, 0.2) is 12.1 Å². The molecule has 0 atom stereocenters. The number of hydrogen-bond acceptors (Lipinski definition) is 0. The van der Waals surface area contributed by atoms with Crippen LogP contribution in [-0.2, 0) is 0 Å². The molecular formula is C12H20SeSn2. The molecule has 0 unspecified atom stereocenters. The molecule has 0 bridgehead atoms. The second-order valence-corrected chi connectivity index (χ2v) is 25.9. The van der Waals surface area contributed by atoms with Crippen LogP contribution in [0, 0.1) is 0 Å². The van der Waals surface area contributed by atoms with Crippen LogP contribution < -0.4 is 4.91 Å². The SMILES string of the molecule is C[C](C)(C)[Sn][c]1cc[c]([Sn][C](C)(C)C)[se]1. The third kappa shape index (κ3) is 6.80. The van der Waals surface area contributed by atoms with Crippen LogP contribution in [0.4, 0.5) is 0 Å². The fourth-order valence-corrected chi connectivity index (χ4v) is 25.4. The third-order valence-electron chi connectivity index (χ3n) is 1.60. The average Bonchev–Trinajstić information content (AvgIpc) is 2.28. The molecule has 0 aliphatic rings. The monoisotopic (exact) mass is 484 g/mol. The van der Waals surface area contributed by atoms with Crippen molar-refractivity contribution in [1.82, 2.24) is 0 Å². The molecule has 0 N–H and O–H groups in total. The molecule has 0 nitrogen and oxygen atoms in total. The van der Waals surface area contributed by atoms with Crippen LogP contribution in [-0.4, -0.2) is 56.8 Å². The van der Waals surface area contributed by atoms with E-state index in [-0.39, 0.29) is 42.3 Å². The van der Waals surface area contributed by atoms with Gasteiger partial charge in [-0.15, -0.1) is 0 Å². The molecule has 0 spiro atoms. The van der Waals surface area contributed by atoms with Crippen LogP contribution in [0.25, 0.3) is 0 Å². The van der Waals surface area contributed by atoms with Crippen molar-refractivity contribution in [2.45, 2.75) is 48.4 Å². The van der Waals surface area contributed by atoms with Crippen molar-refractivity contribution >= 4 is 61.7 Å². The van der Waals surface area contributed by atoms with E-state index in [9.17, 15) is 0 Å². The Bertz CT molecular complexity index is 285. The van der Waals surface area contributed by atoms with Gasteiger partial charge in [0, 0.05) is 0 Å². The molecule has 82 valence electrons. The molecule has 4 radical (unpaired) electrons. The Morgan fingerprint density at radius 3 is 1.40 bits per heavy atom. The van der Waals surface area contributed by atoms with Crippen molar-refractivity contribution in [3.8, 4) is 0 Å². The summed E-state index contributed by atoms with van der Waals surface area (Å²) in [5, 5.41) is 0. The van der Waals surface area contributed by atoms with Crippen LogP contribution in [0.5, 0.6) is 0 Å². The van der Waals surface area contributed by atoms with Crippen LogP contribution >= 0.6 is 0 Å². The van der Waals surface area contributed by atoms with Gasteiger partial charge in [-0.25, -0.2) is 0 Å². The molecule has 0 aliphatic carbocycles. The Kier molecular flexibility index (Phi) is 5.37. The van der Waals surface area contributed by atoms with Gasteiger partial charge in [-0.2, -0.15) is 0 Å². The summed E-state index contributed by atoms with van der Waals surface area (Å²) in [6, 6.07) is 4.97. The molecule has 0 amide bonds. The van der Waals surface area contributed by atoms with Gasteiger partial charge < -0.3 is 0 Å². The molecule has 1 rings (SSSR count). The molecule has 0 fully saturated rings. The van der Waals surface area contributed by atoms with Crippen LogP contribution in [0.1, 0.15) is 41.5 Å². The second kappa shape index (κ2) is 5.49. The van der Waals surface area contributed by atoms with E-state index in [1.807, 2.05) is 4.91 Å². The van der Waals surface area contributed by atoms with Crippen molar-refractivity contribution in [3.05, 3.63) is 12.1 Å². The van der Waals surface area contributed by atoms with E-state index in [2.05, 4.69) is 53.7 Å². The fourth-order valence-electron chi connectivity index (χ4n) is 1.21. The van der Waals surface area contributed by atoms with E-state index in [0.29, 0.717) is 6.86 Å². The van der Waals surface area contributed by atoms with E-state index in [4.69, 9.17) is 0 Å². The predicted molar refractivity (Wildman–Crippen MR) is 73.6 cm³/mol. The summed E-state index contributed by atoms with van der Waals surface area (Å²) in [6.07, 6.45) is 0. The van der Waals surface area contributed by atoms with Gasteiger partial charge in [0.15, 0.2) is 0 Å². The number of hydrogen-bond donors (Lipinski definition) is 0. The summed E-state index contributed by atoms with van der Waals surface area (Å²) < 4.78 is 5.04. The minimum absolute atomic E-state index is 0.282. The van der Waals surface area contributed by atoms with Gasteiger partial charge >= 0.3 is 122 Å². The van der Waals surface area contributed by atoms with Gasteiger partial charge in [0.05, 0.1) is 0 Å². The first-order valence-electron chi connectivity index (χ1n) is 5.32. The van der Waals surface area contributed by atoms with Crippen LogP contribution in [0.3, 0.4) is 0 Å². The fraction of sp³-hybridized carbons (Fsp3) is 0.667. The van der Waals surface area contributed by atoms with E-state index in [0.717, 1.165) is 14.5 Å². The number of rotatable bonds is 2. The van der Waals surface area contributed by atoms with Gasteiger partial charge in [-0.1, -0.05) is 0 Å². The topological polar surface area (TPSA) is 0 Å². The van der Waals surface area contributed by atoms with Crippen molar-refractivity contribution in [2.75, 3.05) is 0 Å². The molecule has 0 saturated heterocycles. The van der Waals surface area contributed by atoms with Gasteiger partial charge in [-0.05, 0) is 0 Å². The summed E-state index contributed by atoms with van der Waals surface area (Å²) in [6.45, 7) is 14.5. The molecule has 1 aromatic heterocycles. The van der Waals surface area contributed by atoms with Crippen molar-refractivity contribution in [3.63, 3.8) is 0 Å². The van der Waals surface area contributed by atoms with E-state index in [1.54, 1.807) is 0 Å². The van der Waals surface area contributed by atoms with Crippen molar-refractivity contribution < 1.29 is 0 Å². The summed E-state index contributed by atoms with van der Waals surface area (Å²) in [7, 11) is 0. The first-order valence-corrected chi connectivity index (χ1v) is 12.7. The van der Waals surface area contributed by atoms with Crippen molar-refractivity contribution in [2.24, 2.45) is 0 Å². The molecule has 0 aliphatic heterocycles. The summed E-state index contributed by atoms with van der Waals surface area (Å²) in [4.78, 5) is 0. The molecule has 1 heterocycles. The summed E-state index contributed by atoms with van der Waals surface area (Å²) in [5.41, 5.74) is 0. The zero-order chi connectivity index (χ0) is 11.7. The second-order valence-electron chi connectivity index (χ2n) is 5.91. The maximum atomic E-state index is 2.49. The molecule has 15 heavy (non-hydrogen) atoms. The Hall–Kier alpha value is 1.60. The molecule has 3 heteroatoms. The standard InChI is InChI=1S/C4H2Se.2C4H9.2Sn/c1-2-4-5-3-1;2*1-4(2)3;;/h1-2H;2*1-3H3;;. The zero-order valence-corrected chi connectivity index (χ0v) is 18.0. The summed E-state index contributed by atoms with van der Waals surface area (Å²) >= 11 is 0.226. The maximum absolute atomic E-state index is 2.49. The van der Waals surface area contributed by atoms with E-state index < -0.39 is 0 Å². The Morgan fingerprint density at radius 2 is 1.13 bits per heavy atom. The van der Waals surface area contributed by atoms with E-state index >= 15 is 0 Å². The zero-order valence-electron chi connectivity index (χ0n) is 10.6. The third-order valence-corrected chi connectivity index (χ3v) is 15.6.